The van der Waals surface area contributed by atoms with Gasteiger partial charge in [0.25, 0.3) is 0 Å². The Labute approximate surface area is 139 Å². The van der Waals surface area contributed by atoms with Crippen molar-refractivity contribution in [3.63, 3.8) is 0 Å². The van der Waals surface area contributed by atoms with Crippen LogP contribution >= 0.6 is 0 Å². The Morgan fingerprint density at radius 2 is 1.79 bits per heavy atom. The Bertz CT molecular complexity index is 550. The summed E-state index contributed by atoms with van der Waals surface area (Å²) >= 11 is 0. The minimum atomic E-state index is -1.25. The first-order valence-corrected chi connectivity index (χ1v) is 7.57. The second-order valence-corrected chi connectivity index (χ2v) is 5.66. The standard InChI is InChI=1S/C16H22O8/c1-4-8-5-10(14(18)19)11(15(20)21)6-9(8)12(16(22)24-3)7-13(17)23-2/h5,9-12H,4,6-7H2,1-3H3,(H,18,19)(H,20,21). The predicted octanol–water partition coefficient (Wildman–Crippen LogP) is 1.10. The topological polar surface area (TPSA) is 127 Å². The number of rotatable bonds is 7. The van der Waals surface area contributed by atoms with E-state index in [4.69, 9.17) is 4.74 Å². The van der Waals surface area contributed by atoms with E-state index in [2.05, 4.69) is 4.74 Å². The number of aliphatic carboxylic acids is 2. The molecule has 0 amide bonds. The Balaban J connectivity index is 3.27. The van der Waals surface area contributed by atoms with Crippen molar-refractivity contribution < 1.29 is 38.9 Å². The van der Waals surface area contributed by atoms with Gasteiger partial charge in [-0.15, -0.1) is 0 Å². The van der Waals surface area contributed by atoms with Crippen LogP contribution in [0.1, 0.15) is 26.2 Å². The van der Waals surface area contributed by atoms with Crippen LogP contribution in [-0.2, 0) is 28.7 Å². The quantitative estimate of drug-likeness (QED) is 0.520. The van der Waals surface area contributed by atoms with Gasteiger partial charge in [-0.05, 0) is 18.8 Å². The smallest absolute Gasteiger partial charge is 0.311 e. The van der Waals surface area contributed by atoms with E-state index in [0.29, 0.717) is 12.0 Å². The first-order valence-electron chi connectivity index (χ1n) is 7.57. The summed E-state index contributed by atoms with van der Waals surface area (Å²) in [5, 5.41) is 18.6. The van der Waals surface area contributed by atoms with Gasteiger partial charge in [0.2, 0.25) is 0 Å². The molecule has 8 heteroatoms. The highest BCUT2D eigenvalue weighted by molar-refractivity contribution is 5.83. The van der Waals surface area contributed by atoms with Gasteiger partial charge in [-0.3, -0.25) is 19.2 Å². The van der Waals surface area contributed by atoms with Crippen molar-refractivity contribution in [1.29, 1.82) is 0 Å². The highest BCUT2D eigenvalue weighted by Gasteiger charge is 2.44. The number of allylic oxidation sites excluding steroid dienone is 1. The lowest BCUT2D eigenvalue weighted by Crippen LogP contribution is -2.39. The van der Waals surface area contributed by atoms with Gasteiger partial charge in [0.1, 0.15) is 0 Å². The fourth-order valence-corrected chi connectivity index (χ4v) is 3.15. The molecule has 134 valence electrons. The van der Waals surface area contributed by atoms with Crippen LogP contribution in [0.3, 0.4) is 0 Å². The fourth-order valence-electron chi connectivity index (χ4n) is 3.15. The minimum Gasteiger partial charge on any atom is -0.481 e. The molecule has 1 aliphatic rings. The van der Waals surface area contributed by atoms with Gasteiger partial charge in [0.15, 0.2) is 0 Å². The van der Waals surface area contributed by atoms with E-state index < -0.39 is 47.5 Å². The van der Waals surface area contributed by atoms with Crippen molar-refractivity contribution in [2.45, 2.75) is 26.2 Å². The van der Waals surface area contributed by atoms with Crippen molar-refractivity contribution in [1.82, 2.24) is 0 Å². The van der Waals surface area contributed by atoms with Gasteiger partial charge in [-0.25, -0.2) is 0 Å². The molecule has 4 atom stereocenters. The number of esters is 2. The van der Waals surface area contributed by atoms with E-state index in [9.17, 15) is 29.4 Å². The highest BCUT2D eigenvalue weighted by atomic mass is 16.5. The first kappa shape index (κ1) is 19.7. The molecule has 0 aromatic rings. The number of carboxylic acid groups (broad SMARTS) is 2. The molecule has 0 spiro atoms. The average molecular weight is 342 g/mol. The van der Waals surface area contributed by atoms with E-state index in [1.807, 2.05) is 0 Å². The first-order chi connectivity index (χ1) is 11.3. The maximum atomic E-state index is 12.1. The molecular weight excluding hydrogens is 320 g/mol. The number of carbonyl (C=O) groups excluding carboxylic acids is 2. The second-order valence-electron chi connectivity index (χ2n) is 5.66. The third-order valence-electron chi connectivity index (χ3n) is 4.43. The van der Waals surface area contributed by atoms with E-state index in [1.54, 1.807) is 6.92 Å². The molecule has 1 aliphatic carbocycles. The van der Waals surface area contributed by atoms with Crippen LogP contribution in [0.5, 0.6) is 0 Å². The monoisotopic (exact) mass is 342 g/mol. The zero-order valence-electron chi connectivity index (χ0n) is 13.9. The number of hydrogen-bond donors (Lipinski definition) is 2. The maximum absolute atomic E-state index is 12.1. The summed E-state index contributed by atoms with van der Waals surface area (Å²) in [5.41, 5.74) is 0.638. The lowest BCUT2D eigenvalue weighted by Gasteiger charge is -2.34. The summed E-state index contributed by atoms with van der Waals surface area (Å²) in [6.45, 7) is 1.78. The van der Waals surface area contributed by atoms with E-state index >= 15 is 0 Å². The SMILES string of the molecule is CCC1=CC(C(=O)O)C(C(=O)O)CC1C(CC(=O)OC)C(=O)OC. The van der Waals surface area contributed by atoms with Crippen LogP contribution < -0.4 is 0 Å². The average Bonchev–Trinajstić information content (AvgIpc) is 2.57. The lowest BCUT2D eigenvalue weighted by atomic mass is 9.68. The van der Waals surface area contributed by atoms with Crippen LogP contribution in [0.4, 0.5) is 0 Å². The molecule has 0 aromatic carbocycles. The van der Waals surface area contributed by atoms with Crippen LogP contribution in [-0.4, -0.2) is 48.3 Å². The predicted molar refractivity (Wildman–Crippen MR) is 80.9 cm³/mol. The normalized spacial score (nSPS) is 24.5. The van der Waals surface area contributed by atoms with Crippen LogP contribution in [0.15, 0.2) is 11.6 Å². The number of hydrogen-bond acceptors (Lipinski definition) is 6. The molecule has 0 saturated carbocycles. The van der Waals surface area contributed by atoms with Crippen molar-refractivity contribution in [3.8, 4) is 0 Å². The van der Waals surface area contributed by atoms with Crippen molar-refractivity contribution >= 4 is 23.9 Å². The molecule has 0 radical (unpaired) electrons. The molecule has 0 aliphatic heterocycles. The molecular formula is C16H22O8. The number of methoxy groups -OCH3 is 2. The van der Waals surface area contributed by atoms with Crippen molar-refractivity contribution in [2.24, 2.45) is 23.7 Å². The third-order valence-corrected chi connectivity index (χ3v) is 4.43. The molecule has 2 N–H and O–H groups in total. The van der Waals surface area contributed by atoms with Gasteiger partial charge < -0.3 is 19.7 Å². The Morgan fingerprint density at radius 3 is 2.21 bits per heavy atom. The van der Waals surface area contributed by atoms with Crippen molar-refractivity contribution in [3.05, 3.63) is 11.6 Å². The zero-order valence-corrected chi connectivity index (χ0v) is 13.9. The molecule has 0 aromatic heterocycles. The lowest BCUT2D eigenvalue weighted by molar-refractivity contribution is -0.157. The van der Waals surface area contributed by atoms with Crippen LogP contribution in [0.2, 0.25) is 0 Å². The van der Waals surface area contributed by atoms with E-state index in [1.165, 1.54) is 20.3 Å². The molecule has 0 bridgehead atoms. The molecule has 0 saturated heterocycles. The maximum Gasteiger partial charge on any atom is 0.311 e. The van der Waals surface area contributed by atoms with Gasteiger partial charge in [0.05, 0.1) is 38.4 Å². The zero-order chi connectivity index (χ0) is 18.4. The Morgan fingerprint density at radius 1 is 1.17 bits per heavy atom. The summed E-state index contributed by atoms with van der Waals surface area (Å²) in [5.74, 6) is -7.58. The summed E-state index contributed by atoms with van der Waals surface area (Å²) in [7, 11) is 2.37. The molecule has 0 fully saturated rings. The minimum absolute atomic E-state index is 0.0528. The van der Waals surface area contributed by atoms with Gasteiger partial charge in [-0.1, -0.05) is 18.6 Å². The fraction of sp³-hybridized carbons (Fsp3) is 0.625. The molecule has 0 heterocycles. The summed E-state index contributed by atoms with van der Waals surface area (Å²) in [6.07, 6.45) is 1.52. The summed E-state index contributed by atoms with van der Waals surface area (Å²) in [4.78, 5) is 46.5. The molecule has 8 nitrogen and oxygen atoms in total. The highest BCUT2D eigenvalue weighted by Crippen LogP contribution is 2.40. The number of carboxylic acids is 2. The number of carbonyl (C=O) groups is 4. The van der Waals surface area contributed by atoms with Crippen LogP contribution in [0, 0.1) is 23.7 Å². The molecule has 24 heavy (non-hydrogen) atoms. The molecule has 4 unspecified atom stereocenters. The van der Waals surface area contributed by atoms with Gasteiger partial charge in [0, 0.05) is 0 Å². The van der Waals surface area contributed by atoms with E-state index in [0.717, 1.165) is 0 Å². The van der Waals surface area contributed by atoms with Gasteiger partial charge >= 0.3 is 23.9 Å². The molecule has 1 rings (SSSR count). The number of ether oxygens (including phenoxy) is 2. The Hall–Kier alpha value is -2.38. The second kappa shape index (κ2) is 8.47. The van der Waals surface area contributed by atoms with E-state index in [-0.39, 0.29) is 12.8 Å². The Kier molecular flexibility index (Phi) is 6.94. The largest absolute Gasteiger partial charge is 0.481 e. The third kappa shape index (κ3) is 4.33. The van der Waals surface area contributed by atoms with Gasteiger partial charge in [-0.2, -0.15) is 0 Å². The van der Waals surface area contributed by atoms with Crippen molar-refractivity contribution in [2.75, 3.05) is 14.2 Å². The van der Waals surface area contributed by atoms with Crippen LogP contribution in [0.25, 0.3) is 0 Å². The summed E-state index contributed by atoms with van der Waals surface area (Å²) in [6, 6.07) is 0. The summed E-state index contributed by atoms with van der Waals surface area (Å²) < 4.78 is 9.33.